The third kappa shape index (κ3) is 6.33. The molecule has 0 bridgehead atoms. The Morgan fingerprint density at radius 3 is 2.75 bits per heavy atom. The van der Waals surface area contributed by atoms with E-state index in [-0.39, 0.29) is 12.3 Å². The molecule has 0 aliphatic rings. The van der Waals surface area contributed by atoms with Gasteiger partial charge in [-0.05, 0) is 43.0 Å². The number of anilines is 1. The fraction of sp³-hybridized carbons (Fsp3) is 0.467. The van der Waals surface area contributed by atoms with Crippen LogP contribution in [0.3, 0.4) is 0 Å². The summed E-state index contributed by atoms with van der Waals surface area (Å²) in [4.78, 5) is 22.3. The van der Waals surface area contributed by atoms with Crippen LogP contribution in [0.2, 0.25) is 0 Å². The Hall–Kier alpha value is -1.88. The van der Waals surface area contributed by atoms with E-state index in [1.54, 1.807) is 6.07 Å². The van der Waals surface area contributed by atoms with Crippen molar-refractivity contribution in [2.24, 2.45) is 11.7 Å². The first kappa shape index (κ1) is 16.2. The van der Waals surface area contributed by atoms with Crippen molar-refractivity contribution in [1.82, 2.24) is 0 Å². The number of nitrogens with one attached hydrogen (secondary N) is 1. The number of amides is 1. The molecule has 1 aromatic carbocycles. The van der Waals surface area contributed by atoms with Crippen LogP contribution in [0.15, 0.2) is 24.3 Å². The highest BCUT2D eigenvalue weighted by Crippen LogP contribution is 2.13. The smallest absolute Gasteiger partial charge is 0.303 e. The van der Waals surface area contributed by atoms with Crippen LogP contribution in [0, 0.1) is 5.92 Å². The van der Waals surface area contributed by atoms with Crippen LogP contribution in [-0.2, 0) is 16.0 Å². The molecular weight excluding hydrogens is 256 g/mol. The zero-order chi connectivity index (χ0) is 15.0. The Bertz CT molecular complexity index is 460. The highest BCUT2D eigenvalue weighted by atomic mass is 16.4. The number of carbonyl (C=O) groups is 2. The zero-order valence-corrected chi connectivity index (χ0v) is 11.8. The van der Waals surface area contributed by atoms with Crippen LogP contribution in [0.4, 0.5) is 5.69 Å². The van der Waals surface area contributed by atoms with E-state index in [1.165, 1.54) is 0 Å². The Morgan fingerprint density at radius 2 is 2.10 bits per heavy atom. The van der Waals surface area contributed by atoms with Gasteiger partial charge in [0.1, 0.15) is 0 Å². The maximum atomic E-state index is 11.8. The van der Waals surface area contributed by atoms with E-state index in [9.17, 15) is 9.59 Å². The highest BCUT2D eigenvalue weighted by molar-refractivity contribution is 5.90. The quantitative estimate of drug-likeness (QED) is 0.678. The van der Waals surface area contributed by atoms with Gasteiger partial charge in [-0.2, -0.15) is 0 Å². The molecule has 1 rings (SSSR count). The molecule has 0 heterocycles. The molecule has 1 amide bonds. The maximum absolute atomic E-state index is 11.8. The zero-order valence-electron chi connectivity index (χ0n) is 11.8. The Kier molecular flexibility index (Phi) is 6.73. The summed E-state index contributed by atoms with van der Waals surface area (Å²) in [5, 5.41) is 11.5. The maximum Gasteiger partial charge on any atom is 0.303 e. The van der Waals surface area contributed by atoms with Gasteiger partial charge in [-0.25, -0.2) is 0 Å². The predicted octanol–water partition coefficient (Wildman–Crippen LogP) is 2.02. The van der Waals surface area contributed by atoms with Gasteiger partial charge in [0.05, 0.1) is 0 Å². The minimum Gasteiger partial charge on any atom is -0.481 e. The van der Waals surface area contributed by atoms with E-state index in [0.29, 0.717) is 31.0 Å². The molecule has 0 aliphatic carbocycles. The molecule has 0 saturated carbocycles. The van der Waals surface area contributed by atoms with Gasteiger partial charge in [-0.15, -0.1) is 0 Å². The molecule has 0 fully saturated rings. The van der Waals surface area contributed by atoms with Crippen LogP contribution in [0.25, 0.3) is 0 Å². The van der Waals surface area contributed by atoms with E-state index >= 15 is 0 Å². The topological polar surface area (TPSA) is 92.4 Å². The molecule has 1 atom stereocenters. The summed E-state index contributed by atoms with van der Waals surface area (Å²) in [5.41, 5.74) is 7.12. The van der Waals surface area contributed by atoms with E-state index in [1.807, 2.05) is 25.1 Å². The number of hydrogen-bond acceptors (Lipinski definition) is 3. The summed E-state index contributed by atoms with van der Waals surface area (Å²) < 4.78 is 0. The molecule has 0 radical (unpaired) electrons. The summed E-state index contributed by atoms with van der Waals surface area (Å²) in [6, 6.07) is 7.28. The second-order valence-corrected chi connectivity index (χ2v) is 5.02. The first-order chi connectivity index (χ1) is 9.51. The summed E-state index contributed by atoms with van der Waals surface area (Å²) in [6.45, 7) is 2.59. The molecule has 0 aromatic heterocycles. The lowest BCUT2D eigenvalue weighted by Crippen LogP contribution is -2.16. The van der Waals surface area contributed by atoms with Crippen molar-refractivity contribution in [2.75, 3.05) is 11.9 Å². The summed E-state index contributed by atoms with van der Waals surface area (Å²) in [5.74, 6) is -0.529. The summed E-state index contributed by atoms with van der Waals surface area (Å²) in [6.07, 6.45) is 1.76. The predicted molar refractivity (Wildman–Crippen MR) is 78.5 cm³/mol. The number of aryl methyl sites for hydroxylation is 1. The molecule has 110 valence electrons. The largest absolute Gasteiger partial charge is 0.481 e. The number of aliphatic carboxylic acids is 1. The standard InChI is InChI=1S/C15H22N2O3/c1-11(10-16)5-7-14(18)17-13-4-2-3-12(9-13)6-8-15(19)20/h2-4,9,11H,5-8,10,16H2,1H3,(H,17,18)(H,19,20). The Balaban J connectivity index is 2.48. The number of benzene rings is 1. The van der Waals surface area contributed by atoms with Gasteiger partial charge in [-0.3, -0.25) is 9.59 Å². The fourth-order valence-corrected chi connectivity index (χ4v) is 1.77. The van der Waals surface area contributed by atoms with Gasteiger partial charge in [-0.1, -0.05) is 19.1 Å². The molecule has 1 aromatic rings. The number of carboxylic acid groups (broad SMARTS) is 1. The van der Waals surface area contributed by atoms with E-state index in [0.717, 1.165) is 12.0 Å². The van der Waals surface area contributed by atoms with E-state index < -0.39 is 5.97 Å². The molecule has 5 nitrogen and oxygen atoms in total. The van der Waals surface area contributed by atoms with Gasteiger partial charge >= 0.3 is 5.97 Å². The van der Waals surface area contributed by atoms with Gasteiger partial charge in [0.25, 0.3) is 0 Å². The number of rotatable bonds is 8. The van der Waals surface area contributed by atoms with Crippen LogP contribution >= 0.6 is 0 Å². The van der Waals surface area contributed by atoms with Crippen LogP contribution in [0.5, 0.6) is 0 Å². The van der Waals surface area contributed by atoms with Crippen molar-refractivity contribution in [3.8, 4) is 0 Å². The lowest BCUT2D eigenvalue weighted by molar-refractivity contribution is -0.137. The van der Waals surface area contributed by atoms with Gasteiger partial charge in [0.2, 0.25) is 5.91 Å². The normalized spacial score (nSPS) is 11.9. The summed E-state index contributed by atoms with van der Waals surface area (Å²) >= 11 is 0. The number of hydrogen-bond donors (Lipinski definition) is 3. The van der Waals surface area contributed by atoms with Crippen molar-refractivity contribution >= 4 is 17.6 Å². The number of carbonyl (C=O) groups excluding carboxylic acids is 1. The Morgan fingerprint density at radius 1 is 1.35 bits per heavy atom. The Labute approximate surface area is 119 Å². The molecule has 0 spiro atoms. The minimum atomic E-state index is -0.824. The van der Waals surface area contributed by atoms with E-state index in [4.69, 9.17) is 10.8 Å². The van der Waals surface area contributed by atoms with Crippen molar-refractivity contribution in [3.05, 3.63) is 29.8 Å². The SMILES string of the molecule is CC(CN)CCC(=O)Nc1cccc(CCC(=O)O)c1. The molecule has 20 heavy (non-hydrogen) atoms. The van der Waals surface area contributed by atoms with Crippen LogP contribution < -0.4 is 11.1 Å². The first-order valence-corrected chi connectivity index (χ1v) is 6.82. The fourth-order valence-electron chi connectivity index (χ4n) is 1.77. The lowest BCUT2D eigenvalue weighted by Gasteiger charge is -2.09. The highest BCUT2D eigenvalue weighted by Gasteiger charge is 2.06. The third-order valence-electron chi connectivity index (χ3n) is 3.10. The second-order valence-electron chi connectivity index (χ2n) is 5.02. The summed E-state index contributed by atoms with van der Waals surface area (Å²) in [7, 11) is 0. The minimum absolute atomic E-state index is 0.0410. The average molecular weight is 278 g/mol. The molecule has 4 N–H and O–H groups in total. The van der Waals surface area contributed by atoms with Crippen LogP contribution in [-0.4, -0.2) is 23.5 Å². The van der Waals surface area contributed by atoms with Crippen molar-refractivity contribution < 1.29 is 14.7 Å². The average Bonchev–Trinajstić information content (AvgIpc) is 2.43. The first-order valence-electron chi connectivity index (χ1n) is 6.82. The van der Waals surface area contributed by atoms with Crippen molar-refractivity contribution in [3.63, 3.8) is 0 Å². The molecule has 0 aliphatic heterocycles. The van der Waals surface area contributed by atoms with Crippen LogP contribution in [0.1, 0.15) is 31.7 Å². The molecular formula is C15H22N2O3. The second kappa shape index (κ2) is 8.32. The van der Waals surface area contributed by atoms with Crippen molar-refractivity contribution in [2.45, 2.75) is 32.6 Å². The third-order valence-corrected chi connectivity index (χ3v) is 3.10. The monoisotopic (exact) mass is 278 g/mol. The lowest BCUT2D eigenvalue weighted by atomic mass is 10.1. The molecule has 0 saturated heterocycles. The van der Waals surface area contributed by atoms with Gasteiger partial charge in [0.15, 0.2) is 0 Å². The number of nitrogens with two attached hydrogens (primary N) is 1. The molecule has 5 heteroatoms. The molecule has 1 unspecified atom stereocenters. The van der Waals surface area contributed by atoms with Crippen molar-refractivity contribution in [1.29, 1.82) is 0 Å². The van der Waals surface area contributed by atoms with E-state index in [2.05, 4.69) is 5.32 Å². The number of carboxylic acids is 1. The van der Waals surface area contributed by atoms with Gasteiger partial charge < -0.3 is 16.2 Å². The van der Waals surface area contributed by atoms with Gasteiger partial charge in [0, 0.05) is 18.5 Å².